The van der Waals surface area contributed by atoms with Crippen molar-refractivity contribution < 1.29 is 4.79 Å². The smallest absolute Gasteiger partial charge is 0.268 e. The van der Waals surface area contributed by atoms with Crippen LogP contribution in [0.3, 0.4) is 0 Å². The first-order chi connectivity index (χ1) is 8.08. The zero-order valence-corrected chi connectivity index (χ0v) is 12.0. The Morgan fingerprint density at radius 2 is 2.35 bits per heavy atom. The third-order valence-electron chi connectivity index (χ3n) is 2.07. The second-order valence-electron chi connectivity index (χ2n) is 3.38. The van der Waals surface area contributed by atoms with Gasteiger partial charge in [-0.1, -0.05) is 27.5 Å². The molecule has 0 bridgehead atoms. The van der Waals surface area contributed by atoms with Crippen LogP contribution in [0.25, 0.3) is 0 Å². The molecule has 2 aromatic heterocycles. The van der Waals surface area contributed by atoms with Crippen LogP contribution >= 0.6 is 38.9 Å². The van der Waals surface area contributed by atoms with E-state index in [1.54, 1.807) is 18.3 Å². The Kier molecular flexibility index (Phi) is 3.81. The molecule has 0 atom stereocenters. The largest absolute Gasteiger partial charge is 0.306 e. The van der Waals surface area contributed by atoms with Gasteiger partial charge in [0.1, 0.15) is 10.7 Å². The number of hydrogen-bond acceptors (Lipinski definition) is 3. The lowest BCUT2D eigenvalue weighted by atomic mass is 10.3. The summed E-state index contributed by atoms with van der Waals surface area (Å²) in [6, 6.07) is 3.52. The maximum atomic E-state index is 11.9. The quantitative estimate of drug-likeness (QED) is 0.899. The maximum absolute atomic E-state index is 11.9. The summed E-state index contributed by atoms with van der Waals surface area (Å²) in [5.41, 5.74) is 0.906. The standard InChI is InChI=1S/C11H8BrClN2OS/c1-6-5-17-10(9(6)13)11(16)15-8-4-7(12)2-3-14-8/h2-5H,1H3,(H,14,15,16). The van der Waals surface area contributed by atoms with Crippen LogP contribution in [0, 0.1) is 6.92 Å². The van der Waals surface area contributed by atoms with Crippen LogP contribution in [0.2, 0.25) is 5.02 Å². The van der Waals surface area contributed by atoms with Crippen molar-refractivity contribution in [2.24, 2.45) is 0 Å². The number of carbonyl (C=O) groups is 1. The van der Waals surface area contributed by atoms with Crippen molar-refractivity contribution in [2.75, 3.05) is 5.32 Å². The van der Waals surface area contributed by atoms with Crippen molar-refractivity contribution in [3.8, 4) is 0 Å². The Labute approximate surface area is 116 Å². The number of thiophene rings is 1. The molecule has 1 amide bonds. The molecule has 0 saturated heterocycles. The number of amides is 1. The van der Waals surface area contributed by atoms with Gasteiger partial charge in [0, 0.05) is 10.7 Å². The topological polar surface area (TPSA) is 42.0 Å². The van der Waals surface area contributed by atoms with Gasteiger partial charge in [0.25, 0.3) is 5.91 Å². The normalized spacial score (nSPS) is 10.3. The molecule has 0 saturated carbocycles. The first-order valence-corrected chi connectivity index (χ1v) is 6.79. The van der Waals surface area contributed by atoms with E-state index in [0.717, 1.165) is 10.0 Å². The second-order valence-corrected chi connectivity index (χ2v) is 5.55. The lowest BCUT2D eigenvalue weighted by Gasteiger charge is -2.03. The van der Waals surface area contributed by atoms with E-state index in [4.69, 9.17) is 11.6 Å². The van der Waals surface area contributed by atoms with Gasteiger partial charge >= 0.3 is 0 Å². The van der Waals surface area contributed by atoms with Crippen LogP contribution in [-0.4, -0.2) is 10.9 Å². The highest BCUT2D eigenvalue weighted by atomic mass is 79.9. The lowest BCUT2D eigenvalue weighted by Crippen LogP contribution is -2.11. The molecule has 0 unspecified atom stereocenters. The summed E-state index contributed by atoms with van der Waals surface area (Å²) in [4.78, 5) is 16.5. The van der Waals surface area contributed by atoms with Gasteiger partial charge in [-0.15, -0.1) is 11.3 Å². The molecular weight excluding hydrogens is 324 g/mol. The van der Waals surface area contributed by atoms with Gasteiger partial charge in [0.15, 0.2) is 0 Å². The number of rotatable bonds is 2. The Bertz CT molecular complexity index is 570. The first-order valence-electron chi connectivity index (χ1n) is 4.74. The summed E-state index contributed by atoms with van der Waals surface area (Å²) in [7, 11) is 0. The molecule has 0 aromatic carbocycles. The zero-order valence-electron chi connectivity index (χ0n) is 8.83. The van der Waals surface area contributed by atoms with Crippen LogP contribution in [0.15, 0.2) is 28.2 Å². The van der Waals surface area contributed by atoms with E-state index in [1.165, 1.54) is 11.3 Å². The van der Waals surface area contributed by atoms with Crippen LogP contribution in [0.1, 0.15) is 15.2 Å². The van der Waals surface area contributed by atoms with Gasteiger partial charge in [0.05, 0.1) is 5.02 Å². The third-order valence-corrected chi connectivity index (χ3v) is 4.26. The Morgan fingerprint density at radius 3 is 2.94 bits per heavy atom. The van der Waals surface area contributed by atoms with Crippen molar-refractivity contribution in [1.82, 2.24) is 4.98 Å². The molecule has 0 spiro atoms. The van der Waals surface area contributed by atoms with Gasteiger partial charge in [-0.05, 0) is 30.0 Å². The molecule has 6 heteroatoms. The molecule has 3 nitrogen and oxygen atoms in total. The van der Waals surface area contributed by atoms with Crippen LogP contribution in [0.4, 0.5) is 5.82 Å². The molecular formula is C11H8BrClN2OS. The van der Waals surface area contributed by atoms with Gasteiger partial charge in [-0.3, -0.25) is 4.79 Å². The number of aryl methyl sites for hydroxylation is 1. The van der Waals surface area contributed by atoms with E-state index in [2.05, 4.69) is 26.2 Å². The average Bonchev–Trinajstić information content (AvgIpc) is 2.60. The van der Waals surface area contributed by atoms with E-state index >= 15 is 0 Å². The van der Waals surface area contributed by atoms with Crippen molar-refractivity contribution in [2.45, 2.75) is 6.92 Å². The van der Waals surface area contributed by atoms with E-state index < -0.39 is 0 Å². The highest BCUT2D eigenvalue weighted by Gasteiger charge is 2.15. The minimum Gasteiger partial charge on any atom is -0.306 e. The first kappa shape index (κ1) is 12.5. The monoisotopic (exact) mass is 330 g/mol. The Balaban J connectivity index is 2.20. The fourth-order valence-electron chi connectivity index (χ4n) is 1.23. The zero-order chi connectivity index (χ0) is 12.4. The van der Waals surface area contributed by atoms with Gasteiger partial charge in [-0.2, -0.15) is 0 Å². The number of nitrogens with zero attached hydrogens (tertiary/aromatic N) is 1. The van der Waals surface area contributed by atoms with Gasteiger partial charge in [-0.25, -0.2) is 4.98 Å². The summed E-state index contributed by atoms with van der Waals surface area (Å²) in [6.45, 7) is 1.87. The summed E-state index contributed by atoms with van der Waals surface area (Å²) in [6.07, 6.45) is 1.61. The number of anilines is 1. The van der Waals surface area contributed by atoms with Gasteiger partial charge in [0.2, 0.25) is 0 Å². The van der Waals surface area contributed by atoms with Crippen molar-refractivity contribution >= 4 is 50.6 Å². The predicted molar refractivity (Wildman–Crippen MR) is 74.0 cm³/mol. The number of halogens is 2. The van der Waals surface area contributed by atoms with Crippen molar-refractivity contribution in [3.05, 3.63) is 43.6 Å². The summed E-state index contributed by atoms with van der Waals surface area (Å²) >= 11 is 10.7. The number of aromatic nitrogens is 1. The SMILES string of the molecule is Cc1csc(C(=O)Nc2cc(Br)ccn2)c1Cl. The molecule has 0 aliphatic rings. The molecule has 0 fully saturated rings. The predicted octanol–water partition coefficient (Wildman–Crippen LogP) is 4.12. The Morgan fingerprint density at radius 1 is 1.59 bits per heavy atom. The van der Waals surface area contributed by atoms with E-state index in [-0.39, 0.29) is 5.91 Å². The third kappa shape index (κ3) is 2.86. The Hall–Kier alpha value is -0.910. The number of pyridine rings is 1. The van der Waals surface area contributed by atoms with Crippen LogP contribution in [0.5, 0.6) is 0 Å². The molecule has 2 rings (SSSR count). The molecule has 1 N–H and O–H groups in total. The highest BCUT2D eigenvalue weighted by molar-refractivity contribution is 9.10. The molecule has 2 aromatic rings. The molecule has 0 aliphatic carbocycles. The van der Waals surface area contributed by atoms with Crippen LogP contribution in [-0.2, 0) is 0 Å². The minimum absolute atomic E-state index is 0.237. The van der Waals surface area contributed by atoms with Crippen molar-refractivity contribution in [3.63, 3.8) is 0 Å². The fourth-order valence-corrected chi connectivity index (χ4v) is 2.74. The van der Waals surface area contributed by atoms with E-state index in [9.17, 15) is 4.79 Å². The molecule has 0 aliphatic heterocycles. The van der Waals surface area contributed by atoms with Crippen molar-refractivity contribution in [1.29, 1.82) is 0 Å². The number of carbonyl (C=O) groups excluding carboxylic acids is 1. The minimum atomic E-state index is -0.237. The number of hydrogen-bond donors (Lipinski definition) is 1. The second kappa shape index (κ2) is 5.16. The summed E-state index contributed by atoms with van der Waals surface area (Å²) < 4.78 is 0.858. The summed E-state index contributed by atoms with van der Waals surface area (Å²) in [5.74, 6) is 0.255. The molecule has 88 valence electrons. The molecule has 2 heterocycles. The average molecular weight is 332 g/mol. The summed E-state index contributed by atoms with van der Waals surface area (Å²) in [5, 5.41) is 5.05. The highest BCUT2D eigenvalue weighted by Crippen LogP contribution is 2.27. The number of nitrogens with one attached hydrogen (secondary N) is 1. The van der Waals surface area contributed by atoms with Crippen LogP contribution < -0.4 is 5.32 Å². The molecule has 0 radical (unpaired) electrons. The lowest BCUT2D eigenvalue weighted by molar-refractivity contribution is 0.103. The molecule has 17 heavy (non-hydrogen) atoms. The maximum Gasteiger partial charge on any atom is 0.268 e. The fraction of sp³-hybridized carbons (Fsp3) is 0.0909. The van der Waals surface area contributed by atoms with E-state index in [0.29, 0.717) is 15.7 Å². The van der Waals surface area contributed by atoms with E-state index in [1.807, 2.05) is 12.3 Å². The van der Waals surface area contributed by atoms with Gasteiger partial charge < -0.3 is 5.32 Å².